The van der Waals surface area contributed by atoms with E-state index in [1.165, 1.54) is 161 Å². The van der Waals surface area contributed by atoms with E-state index in [0.29, 0.717) is 11.8 Å². The van der Waals surface area contributed by atoms with Gasteiger partial charge in [0.1, 0.15) is 16.9 Å². The van der Waals surface area contributed by atoms with Crippen molar-refractivity contribution in [3.05, 3.63) is 298 Å². The highest BCUT2D eigenvalue weighted by molar-refractivity contribution is 7.19. The van der Waals surface area contributed by atoms with Crippen LogP contribution in [0.3, 0.4) is 0 Å². The molecule has 4 aromatic heterocycles. The first-order valence-electron chi connectivity index (χ1n) is 37.6. The molecule has 103 heavy (non-hydrogen) atoms. The fourth-order valence-electron chi connectivity index (χ4n) is 13.3. The summed E-state index contributed by atoms with van der Waals surface area (Å²) in [6.45, 7) is 57.9. The third-order valence-corrected chi connectivity index (χ3v) is 21.9. The number of thiophene rings is 2. The topological polar surface area (TPSA) is 26.3 Å². The Kier molecular flexibility index (Phi) is 27.7. The Bertz CT molecular complexity index is 4910. The molecule has 540 valence electrons. The second-order valence-corrected chi connectivity index (χ2v) is 35.0. The van der Waals surface area contributed by atoms with Gasteiger partial charge in [0.2, 0.25) is 0 Å². The summed E-state index contributed by atoms with van der Waals surface area (Å²) in [5.74, 6) is 3.51. The Hall–Kier alpha value is -8.28. The minimum absolute atomic E-state index is 0.180. The average Bonchev–Trinajstić information content (AvgIpc) is 1.70. The second-order valence-electron chi connectivity index (χ2n) is 32.7. The normalized spacial score (nSPS) is 11.7. The van der Waals surface area contributed by atoms with Crippen LogP contribution in [0.25, 0.3) is 70.4 Å². The van der Waals surface area contributed by atoms with E-state index in [1.54, 1.807) is 16.0 Å². The third-order valence-electron chi connectivity index (χ3n) is 19.3. The lowest BCUT2D eigenvalue weighted by Crippen LogP contribution is -2.14. The largest absolute Gasteiger partial charge is 0.464 e. The molecule has 0 spiro atoms. The third kappa shape index (κ3) is 22.1. The zero-order valence-electron chi connectivity index (χ0n) is 67.5. The summed E-state index contributed by atoms with van der Waals surface area (Å²) in [4.78, 5) is 3.12. The summed E-state index contributed by atoms with van der Waals surface area (Å²) in [5, 5.41) is 5.26. The maximum atomic E-state index is 5.45. The van der Waals surface area contributed by atoms with Crippen molar-refractivity contribution in [3.63, 3.8) is 0 Å². The van der Waals surface area contributed by atoms with Gasteiger partial charge in [-0.25, -0.2) is 0 Å². The molecule has 13 aromatic rings. The first kappa shape index (κ1) is 80.4. The second kappa shape index (κ2) is 35.5. The van der Waals surface area contributed by atoms with Gasteiger partial charge in [0.05, 0.1) is 6.26 Å². The lowest BCUT2D eigenvalue weighted by Gasteiger charge is -2.27. The fraction of sp³-hybridized carbons (Fsp3) is 0.354. The van der Waals surface area contributed by atoms with Crippen molar-refractivity contribution >= 4 is 70.9 Å². The number of rotatable bonds is 8. The lowest BCUT2D eigenvalue weighted by atomic mass is 9.78. The maximum absolute atomic E-state index is 5.45. The predicted molar refractivity (Wildman–Crippen MR) is 459 cm³/mol. The van der Waals surface area contributed by atoms with E-state index in [1.807, 2.05) is 41.7 Å². The molecule has 0 amide bonds. The van der Waals surface area contributed by atoms with E-state index in [2.05, 4.69) is 349 Å². The van der Waals surface area contributed by atoms with Crippen LogP contribution in [-0.4, -0.2) is 0 Å². The molecule has 0 saturated carbocycles. The lowest BCUT2D eigenvalue weighted by molar-refractivity contribution is 0.578. The van der Waals surface area contributed by atoms with Gasteiger partial charge in [0.25, 0.3) is 0 Å². The zero-order chi connectivity index (χ0) is 75.4. The van der Waals surface area contributed by atoms with Gasteiger partial charge < -0.3 is 8.83 Å². The van der Waals surface area contributed by atoms with Gasteiger partial charge in [-0.15, -0.1) is 22.7 Å². The molecule has 0 aliphatic heterocycles. The van der Waals surface area contributed by atoms with E-state index >= 15 is 0 Å². The van der Waals surface area contributed by atoms with Gasteiger partial charge in [-0.1, -0.05) is 271 Å². The zero-order valence-corrected chi connectivity index (χ0v) is 69.2. The smallest absolute Gasteiger partial charge is 0.134 e. The number of hydrogen-bond acceptors (Lipinski definition) is 4. The van der Waals surface area contributed by atoms with Crippen LogP contribution < -0.4 is 0 Å². The van der Waals surface area contributed by atoms with Crippen molar-refractivity contribution in [1.82, 2.24) is 0 Å². The van der Waals surface area contributed by atoms with Crippen molar-refractivity contribution in [2.45, 2.75) is 222 Å². The summed E-state index contributed by atoms with van der Waals surface area (Å²) in [6.07, 6.45) is 9.67. The molecule has 14 rings (SSSR count). The number of benzene rings is 9. The van der Waals surface area contributed by atoms with Crippen LogP contribution in [-0.2, 0) is 30.1 Å². The summed E-state index contributed by atoms with van der Waals surface area (Å²) >= 11 is 3.93. The fourth-order valence-corrected chi connectivity index (χ4v) is 16.2. The molecule has 1 aliphatic carbocycles. The highest BCUT2D eigenvalue weighted by Crippen LogP contribution is 2.41. The molecule has 2 nitrogen and oxygen atoms in total. The van der Waals surface area contributed by atoms with E-state index in [0.717, 1.165) is 35.2 Å². The molecule has 4 heterocycles. The highest BCUT2D eigenvalue weighted by atomic mass is 32.1. The molecule has 0 N–H and O–H groups in total. The predicted octanol–water partition coefficient (Wildman–Crippen LogP) is 30.6. The number of furan rings is 2. The summed E-state index contributed by atoms with van der Waals surface area (Å²) < 4.78 is 13.5. The summed E-state index contributed by atoms with van der Waals surface area (Å²) in [6, 6.07) is 64.0. The van der Waals surface area contributed by atoms with Crippen molar-refractivity contribution in [3.8, 4) is 22.3 Å². The number of hydrogen-bond donors (Lipinski definition) is 0. The van der Waals surface area contributed by atoms with Gasteiger partial charge in [-0.2, -0.15) is 0 Å². The maximum Gasteiger partial charge on any atom is 0.134 e. The molecule has 0 fully saturated rings. The molecule has 0 unspecified atom stereocenters. The minimum Gasteiger partial charge on any atom is -0.464 e. The molecule has 0 saturated heterocycles. The van der Waals surface area contributed by atoms with E-state index in [9.17, 15) is 0 Å². The molecular weight excluding hydrogens is 1290 g/mol. The quantitative estimate of drug-likeness (QED) is 0.152. The molecule has 0 radical (unpaired) electrons. The van der Waals surface area contributed by atoms with Gasteiger partial charge >= 0.3 is 0 Å². The average molecular weight is 1410 g/mol. The monoisotopic (exact) mass is 1400 g/mol. The Morgan fingerprint density at radius 1 is 0.388 bits per heavy atom. The Balaban J connectivity index is 0.000000155. The van der Waals surface area contributed by atoms with Gasteiger partial charge in [-0.05, 0) is 279 Å². The standard InChI is InChI=1S/C23H32.C19H24.2C14H18S.C10H10O.C10H10.C9H8O/c1-15(2)20-13-19(23(6,7)8)14-21(16(3)4)22(20)18-11-9-17(5)10-12-18;1-13-7-9-16(10-8-13)18-14(2)11-17(12-15(18)3)19(4,5)6;1-9(2)7-14-11(4)12-8-10(3)5-6-13(12)15-14;1-9(2)7-13-11(4)12-6-5-10(3)8-14(12)15-13;1-7-3-4-9-6-8(2)11-10(9)5-7;1-8-5-6-9-3-2-4-10(9)7-8;1-7-2-3-8-4-5-10-9(8)6-7/h9-16H,1-8H3;7-12H,1-6H3;2*5-6,8-9H,7H2,1-4H3;3-6H,1-2H3;2,4-7H,3H2,1H3;2-6H,1H3. The minimum atomic E-state index is 0.180. The van der Waals surface area contributed by atoms with E-state index in [4.69, 9.17) is 8.83 Å². The SMILES string of the molecule is Cc1ccc(-c2c(C(C)C)cc(C(C)(C)C)cc2C(C)C)cc1.Cc1ccc(-c2c(C)cc(C(C)(C)C)cc2C)cc1.Cc1ccc2c(C)c(CC(C)C)sc2c1.Cc1ccc2c(c1)C=CC2.Cc1ccc2cc(C)oc2c1.Cc1ccc2ccoc2c1.Cc1ccc2sc(CC(C)C)c(C)c2c1. The first-order chi connectivity index (χ1) is 48.5. The van der Waals surface area contributed by atoms with Crippen LogP contribution in [0.5, 0.6) is 0 Å². The molecule has 1 aliphatic rings. The summed E-state index contributed by atoms with van der Waals surface area (Å²) in [5.41, 5.74) is 31.4. The Labute approximate surface area is 629 Å². The number of fused-ring (bicyclic) bond motifs is 5. The van der Waals surface area contributed by atoms with Crippen molar-refractivity contribution in [2.75, 3.05) is 0 Å². The van der Waals surface area contributed by atoms with Crippen LogP contribution in [0.15, 0.2) is 197 Å². The van der Waals surface area contributed by atoms with E-state index < -0.39 is 0 Å². The highest BCUT2D eigenvalue weighted by Gasteiger charge is 2.23. The van der Waals surface area contributed by atoms with E-state index in [-0.39, 0.29) is 10.8 Å². The number of allylic oxidation sites excluding steroid dienone is 1. The van der Waals surface area contributed by atoms with Gasteiger partial charge in [0, 0.05) is 29.9 Å². The van der Waals surface area contributed by atoms with Crippen molar-refractivity contribution < 1.29 is 8.83 Å². The van der Waals surface area contributed by atoms with Crippen LogP contribution in [0.1, 0.15) is 219 Å². The summed E-state index contributed by atoms with van der Waals surface area (Å²) in [7, 11) is 0. The van der Waals surface area contributed by atoms with Crippen LogP contribution in [0.2, 0.25) is 0 Å². The van der Waals surface area contributed by atoms with Crippen molar-refractivity contribution in [2.24, 2.45) is 11.8 Å². The Morgan fingerprint density at radius 2 is 0.835 bits per heavy atom. The Morgan fingerprint density at radius 3 is 1.38 bits per heavy atom. The molecule has 0 atom stereocenters. The van der Waals surface area contributed by atoms with Crippen LogP contribution in [0.4, 0.5) is 0 Å². The van der Waals surface area contributed by atoms with Gasteiger partial charge in [0.15, 0.2) is 0 Å². The molecule has 9 aromatic carbocycles. The molecule has 4 heteroatoms. The first-order valence-corrected chi connectivity index (χ1v) is 39.2. The molecular formula is C99H120O2S2. The van der Waals surface area contributed by atoms with Gasteiger partial charge in [-0.3, -0.25) is 0 Å². The van der Waals surface area contributed by atoms with Crippen LogP contribution >= 0.6 is 22.7 Å². The molecule has 0 bridgehead atoms. The van der Waals surface area contributed by atoms with Crippen molar-refractivity contribution in [1.29, 1.82) is 0 Å². The van der Waals surface area contributed by atoms with Crippen LogP contribution in [0, 0.1) is 94.9 Å². The number of aryl methyl sites for hydroxylation is 12.